The zero-order chi connectivity index (χ0) is 23.8. The van der Waals surface area contributed by atoms with E-state index >= 15 is 0 Å². The van der Waals surface area contributed by atoms with Crippen LogP contribution in [0.5, 0.6) is 0 Å². The maximum absolute atomic E-state index is 12.8. The highest BCUT2D eigenvalue weighted by molar-refractivity contribution is 5.95. The van der Waals surface area contributed by atoms with Crippen molar-refractivity contribution in [1.29, 1.82) is 0 Å². The fourth-order valence-electron chi connectivity index (χ4n) is 4.54. The molecule has 0 aliphatic carbocycles. The van der Waals surface area contributed by atoms with Gasteiger partial charge in [0.05, 0.1) is 23.9 Å². The molecule has 1 saturated heterocycles. The minimum atomic E-state index is -0.363. The third-order valence-electron chi connectivity index (χ3n) is 6.42. The molecule has 3 aromatic rings. The number of carbonyl (C=O) groups excluding carboxylic acids is 1. The molecule has 6 heteroatoms. The van der Waals surface area contributed by atoms with E-state index in [2.05, 4.69) is 32.2 Å². The van der Waals surface area contributed by atoms with Crippen molar-refractivity contribution in [1.82, 2.24) is 9.88 Å². The van der Waals surface area contributed by atoms with Gasteiger partial charge in [-0.1, -0.05) is 67.6 Å². The van der Waals surface area contributed by atoms with Gasteiger partial charge in [-0.2, -0.15) is 0 Å². The van der Waals surface area contributed by atoms with Crippen LogP contribution in [-0.4, -0.2) is 59.7 Å². The summed E-state index contributed by atoms with van der Waals surface area (Å²) in [4.78, 5) is 22.0. The maximum Gasteiger partial charge on any atom is 0.231 e. The molecule has 4 rings (SSSR count). The van der Waals surface area contributed by atoms with Gasteiger partial charge in [-0.25, -0.2) is 4.98 Å². The van der Waals surface area contributed by atoms with Crippen LogP contribution in [0.2, 0.25) is 0 Å². The van der Waals surface area contributed by atoms with E-state index in [-0.39, 0.29) is 17.9 Å². The molecule has 0 spiro atoms. The number of hydrogen-bond acceptors (Lipinski definition) is 5. The zero-order valence-corrected chi connectivity index (χ0v) is 19.8. The van der Waals surface area contributed by atoms with Crippen molar-refractivity contribution < 1.29 is 9.90 Å². The van der Waals surface area contributed by atoms with E-state index < -0.39 is 0 Å². The van der Waals surface area contributed by atoms with Crippen molar-refractivity contribution in [3.63, 3.8) is 0 Å². The van der Waals surface area contributed by atoms with Crippen molar-refractivity contribution in [3.8, 4) is 0 Å². The number of nitrogens with one attached hydrogen (secondary N) is 1. The Morgan fingerprint density at radius 2 is 1.65 bits per heavy atom. The third-order valence-corrected chi connectivity index (χ3v) is 6.42. The van der Waals surface area contributed by atoms with Crippen LogP contribution < -0.4 is 10.2 Å². The average molecular weight is 459 g/mol. The molecular weight excluding hydrogens is 424 g/mol. The van der Waals surface area contributed by atoms with Gasteiger partial charge in [0.1, 0.15) is 5.82 Å². The lowest BCUT2D eigenvalue weighted by atomic mass is 9.95. The number of nitrogens with zero attached hydrogens (tertiary/aromatic N) is 3. The lowest BCUT2D eigenvalue weighted by Crippen LogP contribution is -2.49. The average Bonchev–Trinajstić information content (AvgIpc) is 2.87. The van der Waals surface area contributed by atoms with Crippen LogP contribution in [0.3, 0.4) is 0 Å². The minimum absolute atomic E-state index is 0.00840. The Kier molecular flexibility index (Phi) is 8.28. The molecule has 6 nitrogen and oxygen atoms in total. The Morgan fingerprint density at radius 3 is 2.26 bits per heavy atom. The summed E-state index contributed by atoms with van der Waals surface area (Å²) in [6.07, 6.45) is 2.80. The number of amides is 1. The number of hydrogen-bond donors (Lipinski definition) is 2. The number of rotatable bonds is 9. The normalized spacial score (nSPS) is 16.1. The van der Waals surface area contributed by atoms with Crippen LogP contribution in [0.1, 0.15) is 30.4 Å². The summed E-state index contributed by atoms with van der Waals surface area (Å²) in [5, 5.41) is 13.5. The molecule has 2 unspecified atom stereocenters. The number of piperazine rings is 1. The third kappa shape index (κ3) is 6.43. The standard InChI is InChI=1S/C28H34N4O2/c1-2-26(23-11-7-4-8-12-23)28(34)30-24-13-14-27(29-20-24)32-17-15-31(16-18-32)21-25(33)19-22-9-5-3-6-10-22/h3-14,20,25-26,33H,2,15-19,21H2,1H3,(H,30,34). The molecule has 2 atom stereocenters. The lowest BCUT2D eigenvalue weighted by molar-refractivity contribution is -0.117. The molecule has 34 heavy (non-hydrogen) atoms. The van der Waals surface area contributed by atoms with E-state index in [1.54, 1.807) is 6.20 Å². The molecule has 1 fully saturated rings. The Labute approximate surface area is 202 Å². The molecule has 1 aromatic heterocycles. The number of aliphatic hydroxyl groups excluding tert-OH is 1. The van der Waals surface area contributed by atoms with E-state index in [0.29, 0.717) is 18.7 Å². The number of benzene rings is 2. The van der Waals surface area contributed by atoms with Gasteiger partial charge in [-0.05, 0) is 36.1 Å². The minimum Gasteiger partial charge on any atom is -0.391 e. The summed E-state index contributed by atoms with van der Waals surface area (Å²) in [6, 6.07) is 23.9. The molecule has 0 bridgehead atoms. The van der Waals surface area contributed by atoms with Crippen LogP contribution in [0.4, 0.5) is 11.5 Å². The van der Waals surface area contributed by atoms with Gasteiger partial charge in [0.15, 0.2) is 0 Å². The van der Waals surface area contributed by atoms with Crippen LogP contribution >= 0.6 is 0 Å². The summed E-state index contributed by atoms with van der Waals surface area (Å²) in [5.41, 5.74) is 2.91. The largest absolute Gasteiger partial charge is 0.391 e. The summed E-state index contributed by atoms with van der Waals surface area (Å²) >= 11 is 0. The number of pyridine rings is 1. The van der Waals surface area contributed by atoms with E-state index in [0.717, 1.165) is 44.0 Å². The second-order valence-corrected chi connectivity index (χ2v) is 8.90. The highest BCUT2D eigenvalue weighted by Gasteiger charge is 2.21. The monoisotopic (exact) mass is 458 g/mol. The molecular formula is C28H34N4O2. The van der Waals surface area contributed by atoms with Crippen molar-refractivity contribution in [2.75, 3.05) is 42.9 Å². The summed E-state index contributed by atoms with van der Waals surface area (Å²) in [5.74, 6) is 0.731. The van der Waals surface area contributed by atoms with Crippen LogP contribution in [0.15, 0.2) is 79.0 Å². The van der Waals surface area contributed by atoms with Gasteiger partial charge >= 0.3 is 0 Å². The van der Waals surface area contributed by atoms with Crippen molar-refractivity contribution in [2.24, 2.45) is 0 Å². The lowest BCUT2D eigenvalue weighted by Gasteiger charge is -2.36. The smallest absolute Gasteiger partial charge is 0.231 e. The predicted octanol–water partition coefficient (Wildman–Crippen LogP) is 3.94. The summed E-state index contributed by atoms with van der Waals surface area (Å²) in [6.45, 7) is 6.22. The molecule has 178 valence electrons. The second-order valence-electron chi connectivity index (χ2n) is 8.90. The van der Waals surface area contributed by atoms with Crippen LogP contribution in [0.25, 0.3) is 0 Å². The first-order valence-corrected chi connectivity index (χ1v) is 12.1. The predicted molar refractivity (Wildman–Crippen MR) is 137 cm³/mol. The van der Waals surface area contributed by atoms with Crippen molar-refractivity contribution in [2.45, 2.75) is 31.8 Å². The zero-order valence-electron chi connectivity index (χ0n) is 19.8. The van der Waals surface area contributed by atoms with E-state index in [4.69, 9.17) is 0 Å². The quantitative estimate of drug-likeness (QED) is 0.508. The first-order chi connectivity index (χ1) is 16.6. The second kappa shape index (κ2) is 11.8. The van der Waals surface area contributed by atoms with Gasteiger partial charge in [0.25, 0.3) is 0 Å². The topological polar surface area (TPSA) is 68.7 Å². The van der Waals surface area contributed by atoms with E-state index in [1.807, 2.05) is 67.6 Å². The number of aliphatic hydroxyl groups is 1. The fraction of sp³-hybridized carbons (Fsp3) is 0.357. The van der Waals surface area contributed by atoms with Crippen LogP contribution in [0, 0.1) is 0 Å². The Balaban J connectivity index is 1.25. The highest BCUT2D eigenvalue weighted by Crippen LogP contribution is 2.22. The number of anilines is 2. The number of aromatic nitrogens is 1. The van der Waals surface area contributed by atoms with Gasteiger partial charge in [0.2, 0.25) is 5.91 Å². The molecule has 2 aromatic carbocycles. The Morgan fingerprint density at radius 1 is 0.971 bits per heavy atom. The molecule has 1 amide bonds. The van der Waals surface area contributed by atoms with E-state index in [9.17, 15) is 9.90 Å². The van der Waals surface area contributed by atoms with Crippen molar-refractivity contribution >= 4 is 17.4 Å². The highest BCUT2D eigenvalue weighted by atomic mass is 16.3. The Bertz CT molecular complexity index is 1020. The SMILES string of the molecule is CCC(C(=O)Nc1ccc(N2CCN(CC(O)Cc3ccccc3)CC2)nc1)c1ccccc1. The molecule has 2 heterocycles. The van der Waals surface area contributed by atoms with E-state index in [1.165, 1.54) is 5.56 Å². The summed E-state index contributed by atoms with van der Waals surface area (Å²) < 4.78 is 0. The molecule has 2 N–H and O–H groups in total. The summed E-state index contributed by atoms with van der Waals surface area (Å²) in [7, 11) is 0. The maximum atomic E-state index is 12.8. The fourth-order valence-corrected chi connectivity index (χ4v) is 4.54. The first-order valence-electron chi connectivity index (χ1n) is 12.1. The molecule has 0 radical (unpaired) electrons. The van der Waals surface area contributed by atoms with Crippen molar-refractivity contribution in [3.05, 3.63) is 90.1 Å². The van der Waals surface area contributed by atoms with Gasteiger partial charge in [-0.15, -0.1) is 0 Å². The molecule has 1 aliphatic heterocycles. The Hall–Kier alpha value is -3.22. The first kappa shape index (κ1) is 23.9. The number of carbonyl (C=O) groups is 1. The number of β-amino-alcohol motifs (C(OH)–C–C–N with tert-alkyl or cyclic N) is 1. The van der Waals surface area contributed by atoms with Gasteiger partial charge in [0, 0.05) is 32.7 Å². The van der Waals surface area contributed by atoms with Gasteiger partial charge in [-0.3, -0.25) is 9.69 Å². The van der Waals surface area contributed by atoms with Crippen LogP contribution in [-0.2, 0) is 11.2 Å². The van der Waals surface area contributed by atoms with Gasteiger partial charge < -0.3 is 15.3 Å². The molecule has 0 saturated carbocycles. The molecule has 1 aliphatic rings.